The van der Waals surface area contributed by atoms with E-state index >= 15 is 0 Å². The maximum absolute atomic E-state index is 11.6. The monoisotopic (exact) mass is 365 g/mol. The molecular weight excluding hydrogens is 330 g/mol. The van der Waals surface area contributed by atoms with E-state index in [1.807, 2.05) is 24.3 Å². The number of rotatable bonds is 13. The zero-order chi connectivity index (χ0) is 19.2. The summed E-state index contributed by atoms with van der Waals surface area (Å²) in [6.45, 7) is 9.35. The van der Waals surface area contributed by atoms with Crippen LogP contribution in [0.25, 0.3) is 0 Å². The van der Waals surface area contributed by atoms with Crippen molar-refractivity contribution in [3.8, 4) is 5.75 Å². The van der Waals surface area contributed by atoms with E-state index in [4.69, 9.17) is 4.74 Å². The maximum Gasteiger partial charge on any atom is 0.314 e. The fourth-order valence-corrected chi connectivity index (χ4v) is 2.30. The van der Waals surface area contributed by atoms with E-state index in [-0.39, 0.29) is 12.6 Å². The van der Waals surface area contributed by atoms with Gasteiger partial charge >= 0.3 is 6.03 Å². The van der Waals surface area contributed by atoms with E-state index in [0.717, 1.165) is 37.1 Å². The van der Waals surface area contributed by atoms with Crippen LogP contribution in [-0.4, -0.2) is 50.0 Å². The molecule has 0 aliphatic heterocycles. The van der Waals surface area contributed by atoms with E-state index in [1.54, 1.807) is 0 Å². The number of carbonyl (C=O) groups excluding carboxylic acids is 1. The first kappa shape index (κ1) is 22.3. The largest absolute Gasteiger partial charge is 0.491 e. The number of nitrogens with one attached hydrogen (secondary N) is 3. The van der Waals surface area contributed by atoms with E-state index in [1.165, 1.54) is 0 Å². The Hall–Kier alpha value is -1.79. The number of aliphatic hydroxyl groups is 1. The fourth-order valence-electron chi connectivity index (χ4n) is 2.30. The molecule has 2 amide bonds. The summed E-state index contributed by atoms with van der Waals surface area (Å²) in [7, 11) is 0. The summed E-state index contributed by atoms with van der Waals surface area (Å²) < 4.78 is 5.61. The lowest BCUT2D eigenvalue weighted by atomic mass is 10.1. The van der Waals surface area contributed by atoms with Crippen LogP contribution in [0.4, 0.5) is 4.79 Å². The number of hydrogen-bond acceptors (Lipinski definition) is 4. The third kappa shape index (κ3) is 10.9. The Bertz CT molecular complexity index is 492. The highest BCUT2D eigenvalue weighted by atomic mass is 16.5. The molecule has 0 saturated carbocycles. The number of hydrogen-bond donors (Lipinski definition) is 4. The van der Waals surface area contributed by atoms with Gasteiger partial charge in [-0.1, -0.05) is 39.3 Å². The molecular formula is C20H35N3O3. The topological polar surface area (TPSA) is 82.6 Å². The summed E-state index contributed by atoms with van der Waals surface area (Å²) in [6.07, 6.45) is 2.31. The smallest absolute Gasteiger partial charge is 0.314 e. The molecule has 1 atom stereocenters. The predicted molar refractivity (Wildman–Crippen MR) is 106 cm³/mol. The molecule has 148 valence electrons. The van der Waals surface area contributed by atoms with E-state index in [9.17, 15) is 9.90 Å². The number of benzene rings is 1. The van der Waals surface area contributed by atoms with Gasteiger partial charge < -0.3 is 25.8 Å². The summed E-state index contributed by atoms with van der Waals surface area (Å²) in [6, 6.07) is 7.64. The van der Waals surface area contributed by atoms with Crippen molar-refractivity contribution in [2.75, 3.05) is 32.8 Å². The third-order valence-electron chi connectivity index (χ3n) is 3.81. The molecule has 0 radical (unpaired) electrons. The molecule has 0 aliphatic rings. The van der Waals surface area contributed by atoms with Crippen LogP contribution in [0, 0.1) is 5.92 Å². The molecule has 1 aromatic rings. The Morgan fingerprint density at radius 1 is 1.12 bits per heavy atom. The number of amides is 2. The van der Waals surface area contributed by atoms with Gasteiger partial charge in [-0.25, -0.2) is 4.79 Å². The Kier molecular flexibility index (Phi) is 11.5. The lowest BCUT2D eigenvalue weighted by Gasteiger charge is -2.14. The van der Waals surface area contributed by atoms with Gasteiger partial charge in [0.1, 0.15) is 18.5 Å². The highest BCUT2D eigenvalue weighted by Gasteiger charge is 2.06. The molecule has 6 heteroatoms. The van der Waals surface area contributed by atoms with Crippen molar-refractivity contribution in [3.63, 3.8) is 0 Å². The van der Waals surface area contributed by atoms with Gasteiger partial charge in [0, 0.05) is 19.6 Å². The molecule has 0 saturated heterocycles. The molecule has 26 heavy (non-hydrogen) atoms. The van der Waals surface area contributed by atoms with Crippen molar-refractivity contribution in [1.82, 2.24) is 16.0 Å². The zero-order valence-electron chi connectivity index (χ0n) is 16.4. The van der Waals surface area contributed by atoms with Crippen LogP contribution < -0.4 is 20.7 Å². The highest BCUT2D eigenvalue weighted by molar-refractivity contribution is 5.73. The van der Waals surface area contributed by atoms with Gasteiger partial charge in [0.05, 0.1) is 0 Å². The van der Waals surface area contributed by atoms with Crippen LogP contribution in [0.2, 0.25) is 0 Å². The van der Waals surface area contributed by atoms with Crippen molar-refractivity contribution in [3.05, 3.63) is 29.8 Å². The summed E-state index contributed by atoms with van der Waals surface area (Å²) in [5.41, 5.74) is 1.13. The van der Waals surface area contributed by atoms with Gasteiger partial charge in [0.25, 0.3) is 0 Å². The summed E-state index contributed by atoms with van der Waals surface area (Å²) in [4.78, 5) is 11.6. The van der Waals surface area contributed by atoms with Crippen LogP contribution >= 0.6 is 0 Å². The molecule has 1 aromatic carbocycles. The average molecular weight is 366 g/mol. The second kappa shape index (κ2) is 13.4. The maximum atomic E-state index is 11.6. The standard InChI is InChI=1S/C20H35N3O3/c1-4-5-11-22-20(25)23-12-10-17-6-8-19(9-7-17)26-15-18(24)14-21-13-16(2)3/h6-9,16,18,21,24H,4-5,10-15H2,1-3H3,(H2,22,23,25). The Labute approximate surface area is 157 Å². The number of unbranched alkanes of at least 4 members (excludes halogenated alkanes) is 1. The summed E-state index contributed by atoms with van der Waals surface area (Å²) in [5, 5.41) is 18.8. The van der Waals surface area contributed by atoms with Crippen molar-refractivity contribution < 1.29 is 14.6 Å². The molecule has 0 aliphatic carbocycles. The molecule has 6 nitrogen and oxygen atoms in total. The number of aliphatic hydroxyl groups excluding tert-OH is 1. The van der Waals surface area contributed by atoms with Crippen LogP contribution in [0.1, 0.15) is 39.2 Å². The van der Waals surface area contributed by atoms with Gasteiger partial charge in [-0.2, -0.15) is 0 Å². The van der Waals surface area contributed by atoms with Crippen LogP contribution in [-0.2, 0) is 6.42 Å². The minimum atomic E-state index is -0.524. The van der Waals surface area contributed by atoms with E-state index in [0.29, 0.717) is 25.6 Å². The SMILES string of the molecule is CCCCNC(=O)NCCc1ccc(OCC(O)CNCC(C)C)cc1. The van der Waals surface area contributed by atoms with Crippen molar-refractivity contribution in [1.29, 1.82) is 0 Å². The Morgan fingerprint density at radius 3 is 2.46 bits per heavy atom. The summed E-state index contributed by atoms with van der Waals surface area (Å²) in [5.74, 6) is 1.30. The first-order valence-corrected chi connectivity index (χ1v) is 9.63. The third-order valence-corrected chi connectivity index (χ3v) is 3.81. The first-order chi connectivity index (χ1) is 12.5. The summed E-state index contributed by atoms with van der Waals surface area (Å²) >= 11 is 0. The zero-order valence-corrected chi connectivity index (χ0v) is 16.4. The van der Waals surface area contributed by atoms with Crippen molar-refractivity contribution in [2.24, 2.45) is 5.92 Å². The Morgan fingerprint density at radius 2 is 1.81 bits per heavy atom. The van der Waals surface area contributed by atoms with Crippen molar-refractivity contribution in [2.45, 2.75) is 46.1 Å². The van der Waals surface area contributed by atoms with E-state index < -0.39 is 6.10 Å². The number of carbonyl (C=O) groups is 1. The molecule has 0 bridgehead atoms. The quantitative estimate of drug-likeness (QED) is 0.404. The van der Waals surface area contributed by atoms with Gasteiger partial charge in [-0.05, 0) is 43.0 Å². The van der Waals surface area contributed by atoms with Crippen LogP contribution in [0.3, 0.4) is 0 Å². The molecule has 0 spiro atoms. The predicted octanol–water partition coefficient (Wildman–Crippen LogP) is 2.31. The van der Waals surface area contributed by atoms with E-state index in [2.05, 4.69) is 36.7 Å². The minimum Gasteiger partial charge on any atom is -0.491 e. The van der Waals surface area contributed by atoms with Gasteiger partial charge in [0.2, 0.25) is 0 Å². The van der Waals surface area contributed by atoms with Gasteiger partial charge in [-0.3, -0.25) is 0 Å². The average Bonchev–Trinajstić information content (AvgIpc) is 2.61. The van der Waals surface area contributed by atoms with Gasteiger partial charge in [0.15, 0.2) is 0 Å². The molecule has 0 heterocycles. The van der Waals surface area contributed by atoms with Gasteiger partial charge in [-0.15, -0.1) is 0 Å². The Balaban J connectivity index is 2.19. The van der Waals surface area contributed by atoms with Crippen LogP contribution in [0.15, 0.2) is 24.3 Å². The normalized spacial score (nSPS) is 12.0. The lowest BCUT2D eigenvalue weighted by molar-refractivity contribution is 0.106. The number of ether oxygens (including phenoxy) is 1. The second-order valence-electron chi connectivity index (χ2n) is 6.95. The molecule has 0 aromatic heterocycles. The molecule has 1 unspecified atom stereocenters. The number of urea groups is 1. The highest BCUT2D eigenvalue weighted by Crippen LogP contribution is 2.12. The molecule has 4 N–H and O–H groups in total. The van der Waals surface area contributed by atoms with Crippen LogP contribution in [0.5, 0.6) is 5.75 Å². The minimum absolute atomic E-state index is 0.113. The molecule has 0 fully saturated rings. The first-order valence-electron chi connectivity index (χ1n) is 9.63. The fraction of sp³-hybridized carbons (Fsp3) is 0.650. The second-order valence-corrected chi connectivity index (χ2v) is 6.95. The van der Waals surface area contributed by atoms with Crippen molar-refractivity contribution >= 4 is 6.03 Å². The molecule has 1 rings (SSSR count). The lowest BCUT2D eigenvalue weighted by Crippen LogP contribution is -2.37.